The minimum Gasteiger partial charge on any atom is -0.493 e. The topological polar surface area (TPSA) is 72.4 Å². The van der Waals surface area contributed by atoms with E-state index < -0.39 is 0 Å². The van der Waals surface area contributed by atoms with Crippen molar-refractivity contribution < 1.29 is 14.3 Å². The molecule has 35 heavy (non-hydrogen) atoms. The van der Waals surface area contributed by atoms with Gasteiger partial charge in [-0.1, -0.05) is 23.7 Å². The van der Waals surface area contributed by atoms with Crippen LogP contribution in [0.1, 0.15) is 15.9 Å². The largest absolute Gasteiger partial charge is 0.493 e. The quantitative estimate of drug-likeness (QED) is 0.397. The van der Waals surface area contributed by atoms with Crippen LogP contribution < -0.4 is 9.47 Å². The number of hydrogen-bond acceptors (Lipinski definition) is 5. The molecule has 1 N–H and O–H groups in total. The van der Waals surface area contributed by atoms with E-state index in [1.807, 2.05) is 36.5 Å². The third kappa shape index (κ3) is 3.98. The second-order valence-corrected chi connectivity index (χ2v) is 10.1. The van der Waals surface area contributed by atoms with E-state index in [0.717, 1.165) is 58.5 Å². The number of benzene rings is 2. The van der Waals surface area contributed by atoms with Crippen LogP contribution in [0.4, 0.5) is 0 Å². The molecule has 1 fully saturated rings. The van der Waals surface area contributed by atoms with E-state index in [2.05, 4.69) is 32.8 Å². The fourth-order valence-electron chi connectivity index (χ4n) is 5.42. The van der Waals surface area contributed by atoms with Gasteiger partial charge in [-0.2, -0.15) is 5.10 Å². The van der Waals surface area contributed by atoms with E-state index in [1.165, 1.54) is 0 Å². The highest BCUT2D eigenvalue weighted by Gasteiger charge is 2.30. The number of carbonyl (C=O) groups excluding carboxylic acids is 1. The predicted molar refractivity (Wildman–Crippen MR) is 136 cm³/mol. The average Bonchev–Trinajstić information content (AvgIpc) is 3.46. The lowest BCUT2D eigenvalue weighted by atomic mass is 9.89. The Kier molecular flexibility index (Phi) is 5.54. The zero-order valence-electron chi connectivity index (χ0n) is 19.8. The molecule has 0 amide bonds. The number of halogens is 1. The summed E-state index contributed by atoms with van der Waals surface area (Å²) in [6.45, 7) is 3.37. The van der Waals surface area contributed by atoms with Crippen molar-refractivity contribution in [1.29, 1.82) is 0 Å². The second kappa shape index (κ2) is 8.73. The van der Waals surface area contributed by atoms with Crippen LogP contribution in [0.5, 0.6) is 11.6 Å². The van der Waals surface area contributed by atoms with Crippen molar-refractivity contribution in [3.63, 3.8) is 0 Å². The van der Waals surface area contributed by atoms with E-state index >= 15 is 0 Å². The molecule has 0 saturated carbocycles. The van der Waals surface area contributed by atoms with Crippen LogP contribution >= 0.6 is 11.6 Å². The Morgan fingerprint density at radius 3 is 2.91 bits per heavy atom. The number of fused-ring (bicyclic) bond motifs is 2. The highest BCUT2D eigenvalue weighted by Crippen LogP contribution is 2.36. The first kappa shape index (κ1) is 22.2. The van der Waals surface area contributed by atoms with Gasteiger partial charge >= 0.3 is 0 Å². The van der Waals surface area contributed by atoms with Crippen LogP contribution in [-0.4, -0.2) is 59.3 Å². The maximum absolute atomic E-state index is 13.8. The molecule has 0 spiro atoms. The SMILES string of the molecule is COc1[nH]ncc1-c1ccc2c(C(=O)C3COc4ccc(Cl)cc4C3)cn(CC3CN(C)C3)c2c1. The van der Waals surface area contributed by atoms with E-state index in [0.29, 0.717) is 29.8 Å². The van der Waals surface area contributed by atoms with Crippen molar-refractivity contribution in [3.05, 3.63) is 64.9 Å². The smallest absolute Gasteiger partial charge is 0.216 e. The number of methoxy groups -OCH3 is 1. The lowest BCUT2D eigenvalue weighted by molar-refractivity contribution is 0.0856. The van der Waals surface area contributed by atoms with Gasteiger partial charge in [-0.15, -0.1) is 0 Å². The van der Waals surface area contributed by atoms with Gasteiger partial charge in [0.15, 0.2) is 5.78 Å². The zero-order valence-corrected chi connectivity index (χ0v) is 20.5. The molecule has 180 valence electrons. The molecule has 2 aliphatic rings. The lowest BCUT2D eigenvalue weighted by Crippen LogP contribution is -2.45. The van der Waals surface area contributed by atoms with Gasteiger partial charge in [0.1, 0.15) is 5.75 Å². The maximum atomic E-state index is 13.8. The van der Waals surface area contributed by atoms with Crippen molar-refractivity contribution in [2.45, 2.75) is 13.0 Å². The van der Waals surface area contributed by atoms with Gasteiger partial charge in [-0.05, 0) is 48.9 Å². The summed E-state index contributed by atoms with van der Waals surface area (Å²) in [6.07, 6.45) is 4.43. The first-order chi connectivity index (χ1) is 17.0. The van der Waals surface area contributed by atoms with Crippen molar-refractivity contribution in [2.24, 2.45) is 11.8 Å². The molecular formula is C27H27ClN4O3. The number of nitrogens with zero attached hydrogens (tertiary/aromatic N) is 3. The van der Waals surface area contributed by atoms with Crippen LogP contribution in [0.2, 0.25) is 5.02 Å². The average molecular weight is 491 g/mol. The molecule has 0 aliphatic carbocycles. The van der Waals surface area contributed by atoms with Crippen molar-refractivity contribution in [3.8, 4) is 22.8 Å². The van der Waals surface area contributed by atoms with E-state index in [4.69, 9.17) is 21.1 Å². The molecule has 8 heteroatoms. The van der Waals surface area contributed by atoms with E-state index in [-0.39, 0.29) is 11.7 Å². The Labute approximate surface area is 208 Å². The molecule has 1 unspecified atom stereocenters. The Morgan fingerprint density at radius 2 is 2.11 bits per heavy atom. The molecule has 1 saturated heterocycles. The van der Waals surface area contributed by atoms with Gasteiger partial charge in [0.2, 0.25) is 5.88 Å². The number of hydrogen-bond donors (Lipinski definition) is 1. The third-order valence-electron chi connectivity index (χ3n) is 7.16. The fraction of sp³-hybridized carbons (Fsp3) is 0.333. The number of nitrogens with one attached hydrogen (secondary N) is 1. The van der Waals surface area contributed by atoms with Crippen molar-refractivity contribution in [1.82, 2.24) is 19.7 Å². The molecule has 2 aromatic heterocycles. The minimum atomic E-state index is -0.247. The van der Waals surface area contributed by atoms with Gasteiger partial charge in [-0.3, -0.25) is 4.79 Å². The molecule has 4 aromatic rings. The third-order valence-corrected chi connectivity index (χ3v) is 7.40. The van der Waals surface area contributed by atoms with E-state index in [9.17, 15) is 4.79 Å². The molecule has 0 bridgehead atoms. The van der Waals surface area contributed by atoms with Crippen molar-refractivity contribution in [2.75, 3.05) is 33.9 Å². The number of rotatable bonds is 6. The number of ether oxygens (including phenoxy) is 2. The number of aromatic amines is 1. The molecule has 1 atom stereocenters. The molecule has 4 heterocycles. The summed E-state index contributed by atoms with van der Waals surface area (Å²) in [4.78, 5) is 16.1. The highest BCUT2D eigenvalue weighted by molar-refractivity contribution is 6.30. The molecular weight excluding hydrogens is 464 g/mol. The zero-order chi connectivity index (χ0) is 24.1. The molecule has 7 nitrogen and oxygen atoms in total. The standard InChI is InChI=1S/C27H27ClN4O3/c1-31-11-16(12-31)13-32-14-23(26(33)19-7-18-8-20(28)4-6-25(18)35-15-19)21-5-3-17(9-24(21)32)22-10-29-30-27(22)34-2/h3-6,8-10,14,16,19H,7,11-13,15H2,1-2H3,(H,29,30). The highest BCUT2D eigenvalue weighted by atomic mass is 35.5. The summed E-state index contributed by atoms with van der Waals surface area (Å²) in [6, 6.07) is 11.8. The van der Waals surface area contributed by atoms with Crippen LogP contribution in [0, 0.1) is 11.8 Å². The molecule has 2 aromatic carbocycles. The van der Waals surface area contributed by atoms with Gasteiger partial charge in [-0.25, -0.2) is 5.10 Å². The normalized spacial score (nSPS) is 18.2. The first-order valence-electron chi connectivity index (χ1n) is 11.8. The Balaban J connectivity index is 1.38. The van der Waals surface area contributed by atoms with Gasteiger partial charge < -0.3 is 18.9 Å². The fourth-order valence-corrected chi connectivity index (χ4v) is 5.61. The Bertz CT molecular complexity index is 1420. The van der Waals surface area contributed by atoms with Crippen LogP contribution in [-0.2, 0) is 13.0 Å². The number of Topliss-reactive ketones (excluding diaryl/α,β-unsaturated/α-hetero) is 1. The number of ketones is 1. The molecule has 2 aliphatic heterocycles. The van der Waals surface area contributed by atoms with Crippen LogP contribution in [0.15, 0.2) is 48.8 Å². The molecule has 6 rings (SSSR count). The van der Waals surface area contributed by atoms with Gasteiger partial charge in [0.25, 0.3) is 0 Å². The summed E-state index contributed by atoms with van der Waals surface area (Å²) in [7, 11) is 3.76. The number of aromatic nitrogens is 3. The monoisotopic (exact) mass is 490 g/mol. The molecule has 0 radical (unpaired) electrons. The Morgan fingerprint density at radius 1 is 1.26 bits per heavy atom. The predicted octanol–water partition coefficient (Wildman–Crippen LogP) is 4.69. The summed E-state index contributed by atoms with van der Waals surface area (Å²) < 4.78 is 13.6. The first-order valence-corrected chi connectivity index (χ1v) is 12.2. The minimum absolute atomic E-state index is 0.110. The summed E-state index contributed by atoms with van der Waals surface area (Å²) in [5.41, 5.74) is 4.67. The van der Waals surface area contributed by atoms with Gasteiger partial charge in [0, 0.05) is 53.2 Å². The van der Waals surface area contributed by atoms with E-state index in [1.54, 1.807) is 13.3 Å². The second-order valence-electron chi connectivity index (χ2n) is 9.66. The number of carbonyl (C=O) groups is 1. The number of H-pyrrole nitrogens is 1. The number of likely N-dealkylation sites (tertiary alicyclic amines) is 1. The van der Waals surface area contributed by atoms with Crippen molar-refractivity contribution >= 4 is 28.3 Å². The van der Waals surface area contributed by atoms with Crippen LogP contribution in [0.3, 0.4) is 0 Å². The summed E-state index contributed by atoms with van der Waals surface area (Å²) in [5.74, 6) is 1.87. The lowest BCUT2D eigenvalue weighted by Gasteiger charge is -2.36. The Hall–Kier alpha value is -3.29. The summed E-state index contributed by atoms with van der Waals surface area (Å²) >= 11 is 6.20. The maximum Gasteiger partial charge on any atom is 0.216 e. The van der Waals surface area contributed by atoms with Gasteiger partial charge in [0.05, 0.1) is 31.4 Å². The van der Waals surface area contributed by atoms with Crippen LogP contribution in [0.25, 0.3) is 22.0 Å². The summed E-state index contributed by atoms with van der Waals surface area (Å²) in [5, 5.41) is 8.64.